The van der Waals surface area contributed by atoms with Gasteiger partial charge in [-0.25, -0.2) is 9.97 Å². The van der Waals surface area contributed by atoms with Crippen LogP contribution >= 0.6 is 0 Å². The number of hydrogen-bond acceptors (Lipinski definition) is 5. The Kier molecular flexibility index (Phi) is 6.52. The average molecular weight is 643 g/mol. The summed E-state index contributed by atoms with van der Waals surface area (Å²) in [5.41, 5.74) is 12.6. The lowest BCUT2D eigenvalue weighted by molar-refractivity contribution is 0.780. The molecule has 0 bridgehead atoms. The van der Waals surface area contributed by atoms with Crippen molar-refractivity contribution in [2.75, 3.05) is 4.90 Å². The second-order valence-corrected chi connectivity index (χ2v) is 12.7. The van der Waals surface area contributed by atoms with Gasteiger partial charge in [0.1, 0.15) is 0 Å². The summed E-state index contributed by atoms with van der Waals surface area (Å²) < 4.78 is 2.30. The molecule has 2 aliphatic rings. The highest BCUT2D eigenvalue weighted by Crippen LogP contribution is 2.46. The molecule has 2 atom stereocenters. The molecule has 4 aromatic heterocycles. The van der Waals surface area contributed by atoms with Crippen LogP contribution in [0, 0.1) is 0 Å². The second-order valence-electron chi connectivity index (χ2n) is 12.7. The van der Waals surface area contributed by atoms with Gasteiger partial charge in [0.05, 0.1) is 39.9 Å². The largest absolute Gasteiger partial charge is 0.333 e. The number of nitrogens with zero attached hydrogens (tertiary/aromatic N) is 6. The Morgan fingerprint density at radius 2 is 1.26 bits per heavy atom. The normalized spacial score (nSPS) is 16.2. The first kappa shape index (κ1) is 28.4. The number of benzene rings is 4. The Hall–Kier alpha value is -6.66. The third kappa shape index (κ3) is 4.57. The van der Waals surface area contributed by atoms with E-state index in [9.17, 15) is 0 Å². The first-order valence-corrected chi connectivity index (χ1v) is 16.9. The van der Waals surface area contributed by atoms with Gasteiger partial charge in [-0.15, -0.1) is 0 Å². The molecule has 0 spiro atoms. The summed E-state index contributed by atoms with van der Waals surface area (Å²) in [6.45, 7) is 0. The van der Waals surface area contributed by atoms with Crippen molar-refractivity contribution in [3.63, 3.8) is 0 Å². The topological polar surface area (TPSA) is 59.2 Å². The van der Waals surface area contributed by atoms with Crippen LogP contribution < -0.4 is 4.90 Å². The number of hydrogen-bond donors (Lipinski definition) is 0. The molecule has 6 nitrogen and oxygen atoms in total. The van der Waals surface area contributed by atoms with Crippen molar-refractivity contribution in [2.24, 2.45) is 4.99 Å². The predicted octanol–water partition coefficient (Wildman–Crippen LogP) is 10.2. The number of pyridine rings is 3. The van der Waals surface area contributed by atoms with Gasteiger partial charge < -0.3 is 9.47 Å². The molecule has 6 heterocycles. The van der Waals surface area contributed by atoms with E-state index >= 15 is 0 Å². The lowest BCUT2D eigenvalue weighted by atomic mass is 9.95. The zero-order valence-electron chi connectivity index (χ0n) is 27.0. The average Bonchev–Trinajstić information content (AvgIpc) is 3.71. The van der Waals surface area contributed by atoms with Crippen molar-refractivity contribution in [1.82, 2.24) is 19.5 Å². The highest BCUT2D eigenvalue weighted by molar-refractivity contribution is 6.08. The van der Waals surface area contributed by atoms with E-state index in [1.165, 1.54) is 16.6 Å². The van der Waals surface area contributed by atoms with Gasteiger partial charge in [-0.05, 0) is 78.4 Å². The number of rotatable bonds is 5. The minimum absolute atomic E-state index is 0.218. The van der Waals surface area contributed by atoms with E-state index in [2.05, 4.69) is 159 Å². The van der Waals surface area contributed by atoms with Crippen LogP contribution in [0.4, 0.5) is 11.4 Å². The molecule has 8 aromatic rings. The number of aliphatic imine (C=N–C) groups is 1. The molecular formula is C44H30N6. The van der Waals surface area contributed by atoms with Crippen molar-refractivity contribution < 1.29 is 0 Å². The van der Waals surface area contributed by atoms with Gasteiger partial charge in [0, 0.05) is 69.7 Å². The van der Waals surface area contributed by atoms with Crippen LogP contribution in [0.25, 0.3) is 61.4 Å². The minimum Gasteiger partial charge on any atom is -0.333 e. The molecule has 50 heavy (non-hydrogen) atoms. The molecule has 4 aromatic carbocycles. The maximum Gasteiger partial charge on any atom is 0.0893 e. The smallest absolute Gasteiger partial charge is 0.0893 e. The highest BCUT2D eigenvalue weighted by Gasteiger charge is 2.37. The number of para-hydroxylation sites is 2. The molecule has 0 saturated carbocycles. The SMILES string of the molecule is C1=CC2C(C=N1)c1ccccc1N2c1ccc(-c2cccc(-c3cccc(-c4cccc(-n5c6ccccc6c6cnccc65)c4)n3)n2)cc1. The van der Waals surface area contributed by atoms with Crippen molar-refractivity contribution >= 4 is 39.4 Å². The van der Waals surface area contributed by atoms with Crippen molar-refractivity contribution in [1.29, 1.82) is 0 Å². The maximum absolute atomic E-state index is 5.12. The fourth-order valence-electron chi connectivity index (χ4n) is 7.63. The van der Waals surface area contributed by atoms with Crippen LogP contribution in [0.3, 0.4) is 0 Å². The van der Waals surface area contributed by atoms with Gasteiger partial charge in [0.2, 0.25) is 0 Å². The van der Waals surface area contributed by atoms with Gasteiger partial charge in [-0.1, -0.05) is 72.8 Å². The fraction of sp³-hybridized carbons (Fsp3) is 0.0455. The first-order chi connectivity index (χ1) is 24.8. The summed E-state index contributed by atoms with van der Waals surface area (Å²) in [5, 5.41) is 2.33. The van der Waals surface area contributed by atoms with Gasteiger partial charge in [-0.2, -0.15) is 0 Å². The van der Waals surface area contributed by atoms with Gasteiger partial charge in [0.15, 0.2) is 0 Å². The first-order valence-electron chi connectivity index (χ1n) is 16.9. The zero-order chi connectivity index (χ0) is 33.0. The van der Waals surface area contributed by atoms with Gasteiger partial charge in [0.25, 0.3) is 0 Å². The summed E-state index contributed by atoms with van der Waals surface area (Å²) >= 11 is 0. The van der Waals surface area contributed by atoms with Crippen LogP contribution in [-0.4, -0.2) is 31.8 Å². The Balaban J connectivity index is 0.966. The molecular weight excluding hydrogens is 613 g/mol. The lowest BCUT2D eigenvalue weighted by Crippen LogP contribution is -2.29. The Morgan fingerprint density at radius 1 is 0.540 bits per heavy atom. The van der Waals surface area contributed by atoms with E-state index in [-0.39, 0.29) is 12.0 Å². The van der Waals surface area contributed by atoms with E-state index in [4.69, 9.17) is 9.97 Å². The minimum atomic E-state index is 0.218. The highest BCUT2D eigenvalue weighted by atomic mass is 15.2. The van der Waals surface area contributed by atoms with E-state index in [0.717, 1.165) is 61.7 Å². The number of fused-ring (bicyclic) bond motifs is 6. The summed E-state index contributed by atoms with van der Waals surface area (Å²) in [6.07, 6.45) is 9.98. The molecule has 0 saturated heterocycles. The van der Waals surface area contributed by atoms with Crippen LogP contribution in [-0.2, 0) is 0 Å². The fourth-order valence-corrected chi connectivity index (χ4v) is 7.63. The Bertz CT molecular complexity index is 2580. The molecule has 0 amide bonds. The number of anilines is 2. The maximum atomic E-state index is 5.12. The molecule has 0 radical (unpaired) electrons. The van der Waals surface area contributed by atoms with Crippen molar-refractivity contribution in [3.8, 4) is 39.6 Å². The molecule has 0 aliphatic carbocycles. The molecule has 2 unspecified atom stereocenters. The Labute approximate surface area is 289 Å². The van der Waals surface area contributed by atoms with E-state index in [1.54, 1.807) is 0 Å². The lowest BCUT2D eigenvalue weighted by Gasteiger charge is -2.28. The predicted molar refractivity (Wildman–Crippen MR) is 203 cm³/mol. The van der Waals surface area contributed by atoms with Crippen molar-refractivity contribution in [3.05, 3.63) is 170 Å². The molecule has 236 valence electrons. The standard InChI is InChI=1S/C44H30N6/c1-3-16-41-33(10-1)35-27-45-24-22-43(35)49(41)31-20-18-29(19-21-31)37-12-6-14-39(47-37)40-15-7-13-38(48-40)30-8-5-9-32(26-30)50-42-17-4-2-11-34(42)36-28-46-25-23-44(36)50/h1-28,35,43H. The molecule has 10 rings (SSSR count). The Morgan fingerprint density at radius 3 is 2.12 bits per heavy atom. The summed E-state index contributed by atoms with van der Waals surface area (Å²) in [5.74, 6) is 0.256. The van der Waals surface area contributed by atoms with Gasteiger partial charge in [-0.3, -0.25) is 9.98 Å². The summed E-state index contributed by atoms with van der Waals surface area (Å²) in [4.78, 5) is 21.5. The van der Waals surface area contributed by atoms with Gasteiger partial charge >= 0.3 is 0 Å². The van der Waals surface area contributed by atoms with Crippen molar-refractivity contribution in [2.45, 2.75) is 12.0 Å². The third-order valence-corrected chi connectivity index (χ3v) is 9.91. The van der Waals surface area contributed by atoms with Crippen LogP contribution in [0.5, 0.6) is 0 Å². The van der Waals surface area contributed by atoms with E-state index in [0.29, 0.717) is 0 Å². The monoisotopic (exact) mass is 642 g/mol. The number of aromatic nitrogens is 4. The van der Waals surface area contributed by atoms with Crippen LogP contribution in [0.15, 0.2) is 169 Å². The second kappa shape index (κ2) is 11.5. The van der Waals surface area contributed by atoms with E-state index < -0.39 is 0 Å². The molecule has 2 aliphatic heterocycles. The quantitative estimate of drug-likeness (QED) is 0.187. The summed E-state index contributed by atoms with van der Waals surface area (Å²) in [6, 6.07) is 49.0. The summed E-state index contributed by atoms with van der Waals surface area (Å²) in [7, 11) is 0. The van der Waals surface area contributed by atoms with Crippen LogP contribution in [0.2, 0.25) is 0 Å². The molecule has 0 fully saturated rings. The van der Waals surface area contributed by atoms with Crippen LogP contribution in [0.1, 0.15) is 11.5 Å². The molecule has 6 heteroatoms. The zero-order valence-corrected chi connectivity index (χ0v) is 27.0. The third-order valence-electron chi connectivity index (χ3n) is 9.91. The van der Waals surface area contributed by atoms with E-state index in [1.807, 2.05) is 30.7 Å². The molecule has 0 N–H and O–H groups in total.